The Morgan fingerprint density at radius 2 is 2.21 bits per heavy atom. The first kappa shape index (κ1) is 13.6. The van der Waals surface area contributed by atoms with Crippen molar-refractivity contribution in [1.82, 2.24) is 5.32 Å². The van der Waals surface area contributed by atoms with Crippen LogP contribution < -0.4 is 11.1 Å². The Morgan fingerprint density at radius 1 is 1.37 bits per heavy atom. The van der Waals surface area contributed by atoms with Gasteiger partial charge in [0.15, 0.2) is 0 Å². The summed E-state index contributed by atoms with van der Waals surface area (Å²) in [6.45, 7) is 2.74. The Kier molecular flexibility index (Phi) is 4.58. The molecule has 3 N–H and O–H groups in total. The number of benzene rings is 1. The molecule has 1 amide bonds. The third-order valence-corrected chi connectivity index (χ3v) is 3.94. The van der Waals surface area contributed by atoms with Gasteiger partial charge in [-0.3, -0.25) is 4.79 Å². The number of carbonyl (C=O) groups excluding carboxylic acids is 1. The summed E-state index contributed by atoms with van der Waals surface area (Å²) < 4.78 is 0. The first-order chi connectivity index (χ1) is 9.19. The smallest absolute Gasteiger partial charge is 0.224 e. The molecule has 0 bridgehead atoms. The average molecular weight is 274 g/mol. The summed E-state index contributed by atoms with van der Waals surface area (Å²) >= 11 is 1.69. The van der Waals surface area contributed by atoms with Crippen molar-refractivity contribution in [3.63, 3.8) is 0 Å². The third kappa shape index (κ3) is 3.83. The predicted molar refractivity (Wildman–Crippen MR) is 80.1 cm³/mol. The van der Waals surface area contributed by atoms with E-state index in [1.165, 1.54) is 10.4 Å². The maximum atomic E-state index is 11.9. The van der Waals surface area contributed by atoms with Crippen LogP contribution in [-0.2, 0) is 24.2 Å². The molecule has 0 aliphatic heterocycles. The van der Waals surface area contributed by atoms with Gasteiger partial charge in [0.2, 0.25) is 5.91 Å². The van der Waals surface area contributed by atoms with Gasteiger partial charge in [0.25, 0.3) is 0 Å². The van der Waals surface area contributed by atoms with Crippen LogP contribution in [0.25, 0.3) is 0 Å². The topological polar surface area (TPSA) is 55.1 Å². The number of nitrogens with one attached hydrogen (secondary N) is 1. The van der Waals surface area contributed by atoms with Crippen molar-refractivity contribution in [3.8, 4) is 0 Å². The minimum Gasteiger partial charge on any atom is -0.399 e. The number of hydrogen-bond donors (Lipinski definition) is 2. The van der Waals surface area contributed by atoms with Crippen LogP contribution in [0.15, 0.2) is 35.7 Å². The van der Waals surface area contributed by atoms with Crippen molar-refractivity contribution in [2.24, 2.45) is 0 Å². The van der Waals surface area contributed by atoms with Gasteiger partial charge in [0, 0.05) is 10.6 Å². The molecule has 2 rings (SSSR count). The molecule has 0 aliphatic rings. The highest BCUT2D eigenvalue weighted by Gasteiger charge is 2.06. The van der Waals surface area contributed by atoms with Crippen LogP contribution in [0, 0.1) is 0 Å². The number of hydrogen-bond acceptors (Lipinski definition) is 3. The van der Waals surface area contributed by atoms with Gasteiger partial charge in [-0.15, -0.1) is 11.3 Å². The molecule has 4 heteroatoms. The number of thiophene rings is 1. The maximum absolute atomic E-state index is 11.9. The van der Waals surface area contributed by atoms with Crippen molar-refractivity contribution < 1.29 is 4.79 Å². The average Bonchev–Trinajstić information content (AvgIpc) is 2.83. The summed E-state index contributed by atoms with van der Waals surface area (Å²) in [4.78, 5) is 13.1. The molecule has 1 heterocycles. The van der Waals surface area contributed by atoms with Crippen LogP contribution in [-0.4, -0.2) is 5.91 Å². The lowest BCUT2D eigenvalue weighted by Crippen LogP contribution is -2.24. The molecule has 0 atom stereocenters. The molecule has 0 saturated heterocycles. The SMILES string of the molecule is CCc1ccsc1CNC(=O)Cc1cccc(N)c1. The van der Waals surface area contributed by atoms with Crippen molar-refractivity contribution >= 4 is 22.9 Å². The highest BCUT2D eigenvalue weighted by molar-refractivity contribution is 7.10. The molecule has 1 aromatic heterocycles. The van der Waals surface area contributed by atoms with Crippen LogP contribution in [0.5, 0.6) is 0 Å². The van der Waals surface area contributed by atoms with E-state index >= 15 is 0 Å². The minimum atomic E-state index is 0.0288. The van der Waals surface area contributed by atoms with Crippen molar-refractivity contribution in [1.29, 1.82) is 0 Å². The summed E-state index contributed by atoms with van der Waals surface area (Å²) in [5.74, 6) is 0.0288. The van der Waals surface area contributed by atoms with Gasteiger partial charge in [0.05, 0.1) is 13.0 Å². The molecule has 0 spiro atoms. The number of anilines is 1. The largest absolute Gasteiger partial charge is 0.399 e. The highest BCUT2D eigenvalue weighted by atomic mass is 32.1. The fourth-order valence-corrected chi connectivity index (χ4v) is 2.88. The van der Waals surface area contributed by atoms with E-state index in [0.29, 0.717) is 18.7 Å². The summed E-state index contributed by atoms with van der Waals surface area (Å²) in [5, 5.41) is 5.03. The fraction of sp³-hybridized carbons (Fsp3) is 0.267. The molecular weight excluding hydrogens is 256 g/mol. The molecule has 0 saturated carbocycles. The van der Waals surface area contributed by atoms with Gasteiger partial charge >= 0.3 is 0 Å². The van der Waals surface area contributed by atoms with E-state index in [2.05, 4.69) is 23.7 Å². The normalized spacial score (nSPS) is 10.4. The Bertz CT molecular complexity index is 563. The van der Waals surface area contributed by atoms with Gasteiger partial charge in [0.1, 0.15) is 0 Å². The molecule has 100 valence electrons. The van der Waals surface area contributed by atoms with E-state index in [1.54, 1.807) is 11.3 Å². The summed E-state index contributed by atoms with van der Waals surface area (Å²) in [6.07, 6.45) is 1.38. The maximum Gasteiger partial charge on any atom is 0.224 e. The molecule has 0 fully saturated rings. The van der Waals surface area contributed by atoms with Crippen LogP contribution >= 0.6 is 11.3 Å². The molecular formula is C15H18N2OS. The van der Waals surface area contributed by atoms with Gasteiger partial charge in [-0.1, -0.05) is 19.1 Å². The summed E-state index contributed by atoms with van der Waals surface area (Å²) in [5.41, 5.74) is 8.64. The standard InChI is InChI=1S/C15H18N2OS/c1-2-12-6-7-19-14(12)10-17-15(18)9-11-4-3-5-13(16)8-11/h3-8H,2,9-10,16H2,1H3,(H,17,18). The van der Waals surface area contributed by atoms with E-state index in [-0.39, 0.29) is 5.91 Å². The molecule has 0 radical (unpaired) electrons. The Labute approximate surface area is 117 Å². The molecule has 0 unspecified atom stereocenters. The third-order valence-electron chi connectivity index (χ3n) is 2.98. The van der Waals surface area contributed by atoms with Gasteiger partial charge in [-0.2, -0.15) is 0 Å². The first-order valence-electron chi connectivity index (χ1n) is 6.35. The number of carbonyl (C=O) groups is 1. The van der Waals surface area contributed by atoms with E-state index < -0.39 is 0 Å². The summed E-state index contributed by atoms with van der Waals surface area (Å²) in [6, 6.07) is 9.55. The molecule has 1 aromatic carbocycles. The van der Waals surface area contributed by atoms with Crippen molar-refractivity contribution in [2.45, 2.75) is 26.3 Å². The van der Waals surface area contributed by atoms with E-state index in [9.17, 15) is 4.79 Å². The zero-order valence-electron chi connectivity index (χ0n) is 11.0. The van der Waals surface area contributed by atoms with Gasteiger partial charge < -0.3 is 11.1 Å². The zero-order valence-corrected chi connectivity index (χ0v) is 11.8. The lowest BCUT2D eigenvalue weighted by molar-refractivity contribution is -0.120. The van der Waals surface area contributed by atoms with Crippen LogP contribution in [0.1, 0.15) is 22.9 Å². The number of nitrogen functional groups attached to an aromatic ring is 1. The fourth-order valence-electron chi connectivity index (χ4n) is 1.97. The highest BCUT2D eigenvalue weighted by Crippen LogP contribution is 2.17. The zero-order chi connectivity index (χ0) is 13.7. The second-order valence-corrected chi connectivity index (χ2v) is 5.42. The van der Waals surface area contributed by atoms with Crippen LogP contribution in [0.4, 0.5) is 5.69 Å². The molecule has 2 aromatic rings. The number of rotatable bonds is 5. The van der Waals surface area contributed by atoms with Crippen LogP contribution in [0.3, 0.4) is 0 Å². The second-order valence-electron chi connectivity index (χ2n) is 4.42. The van der Waals surface area contributed by atoms with Gasteiger partial charge in [-0.05, 0) is 41.1 Å². The van der Waals surface area contributed by atoms with Gasteiger partial charge in [-0.25, -0.2) is 0 Å². The lowest BCUT2D eigenvalue weighted by atomic mass is 10.1. The van der Waals surface area contributed by atoms with Crippen molar-refractivity contribution in [2.75, 3.05) is 5.73 Å². The molecule has 3 nitrogen and oxygen atoms in total. The van der Waals surface area contributed by atoms with E-state index in [1.807, 2.05) is 24.3 Å². The summed E-state index contributed by atoms with van der Waals surface area (Å²) in [7, 11) is 0. The van der Waals surface area contributed by atoms with E-state index in [4.69, 9.17) is 5.73 Å². The number of nitrogens with two attached hydrogens (primary N) is 1. The Morgan fingerprint density at radius 3 is 2.95 bits per heavy atom. The molecule has 19 heavy (non-hydrogen) atoms. The Hall–Kier alpha value is -1.81. The van der Waals surface area contributed by atoms with E-state index in [0.717, 1.165) is 12.0 Å². The number of amides is 1. The quantitative estimate of drug-likeness (QED) is 0.824. The minimum absolute atomic E-state index is 0.0288. The first-order valence-corrected chi connectivity index (χ1v) is 7.23. The molecule has 0 aliphatic carbocycles. The van der Waals surface area contributed by atoms with Crippen LogP contribution in [0.2, 0.25) is 0 Å². The lowest BCUT2D eigenvalue weighted by Gasteiger charge is -2.06. The Balaban J connectivity index is 1.88. The van der Waals surface area contributed by atoms with Crippen molar-refractivity contribution in [3.05, 3.63) is 51.7 Å². The second kappa shape index (κ2) is 6.38. The number of aryl methyl sites for hydroxylation is 1. The monoisotopic (exact) mass is 274 g/mol. The predicted octanol–water partition coefficient (Wildman–Crippen LogP) is 2.75.